The molecule has 0 heterocycles. The van der Waals surface area contributed by atoms with Crippen LogP contribution in [0.1, 0.15) is 31.9 Å². The van der Waals surface area contributed by atoms with Crippen LogP contribution in [0.4, 0.5) is 5.69 Å². The van der Waals surface area contributed by atoms with Crippen molar-refractivity contribution in [2.24, 2.45) is 0 Å². The van der Waals surface area contributed by atoms with Gasteiger partial charge in [0.1, 0.15) is 5.75 Å². The fourth-order valence-corrected chi connectivity index (χ4v) is 2.23. The van der Waals surface area contributed by atoms with E-state index < -0.39 is 0 Å². The molecule has 2 aromatic rings. The Bertz CT molecular complexity index is 542. The van der Waals surface area contributed by atoms with Gasteiger partial charge in [-0.3, -0.25) is 0 Å². The van der Waals surface area contributed by atoms with Gasteiger partial charge < -0.3 is 10.1 Å². The first-order valence-corrected chi connectivity index (χ1v) is 7.32. The topological polar surface area (TPSA) is 21.3 Å². The van der Waals surface area contributed by atoms with E-state index >= 15 is 0 Å². The van der Waals surface area contributed by atoms with Crippen molar-refractivity contribution in [3.63, 3.8) is 0 Å². The highest BCUT2D eigenvalue weighted by Gasteiger charge is 2.07. The van der Waals surface area contributed by atoms with Crippen LogP contribution in [0.2, 0.25) is 5.02 Å². The van der Waals surface area contributed by atoms with Crippen molar-refractivity contribution < 1.29 is 4.74 Å². The lowest BCUT2D eigenvalue weighted by Gasteiger charge is -2.16. The molecule has 0 aromatic heterocycles. The number of benzene rings is 2. The van der Waals surface area contributed by atoms with Crippen LogP contribution in [-0.2, 0) is 0 Å². The standard InChI is InChI=1S/C17H20ClNO/c1-3-11-20-17-10-9-15(12-16(17)18)19-13(2)14-7-5-4-6-8-14/h4-10,12-13,19H,3,11H2,1-2H3. The minimum atomic E-state index is 0.231. The van der Waals surface area contributed by atoms with Crippen molar-refractivity contribution in [1.29, 1.82) is 0 Å². The number of nitrogens with one attached hydrogen (secondary N) is 1. The summed E-state index contributed by atoms with van der Waals surface area (Å²) in [4.78, 5) is 0. The number of halogens is 1. The highest BCUT2D eigenvalue weighted by molar-refractivity contribution is 6.32. The third-order valence-corrected chi connectivity index (χ3v) is 3.37. The molecule has 20 heavy (non-hydrogen) atoms. The zero-order chi connectivity index (χ0) is 14.4. The lowest BCUT2D eigenvalue weighted by atomic mass is 10.1. The molecule has 106 valence electrons. The molecule has 0 bridgehead atoms. The third-order valence-electron chi connectivity index (χ3n) is 3.08. The molecule has 2 aromatic carbocycles. The van der Waals surface area contributed by atoms with Crippen LogP contribution >= 0.6 is 11.6 Å². The summed E-state index contributed by atoms with van der Waals surface area (Å²) in [5, 5.41) is 4.08. The second-order valence-electron chi connectivity index (χ2n) is 4.77. The zero-order valence-electron chi connectivity index (χ0n) is 11.9. The van der Waals surface area contributed by atoms with Gasteiger partial charge in [0, 0.05) is 11.7 Å². The second-order valence-corrected chi connectivity index (χ2v) is 5.18. The Morgan fingerprint density at radius 3 is 2.55 bits per heavy atom. The van der Waals surface area contributed by atoms with Gasteiger partial charge in [-0.25, -0.2) is 0 Å². The first-order chi connectivity index (χ1) is 9.70. The highest BCUT2D eigenvalue weighted by atomic mass is 35.5. The molecule has 2 rings (SSSR count). The van der Waals surface area contributed by atoms with Crippen LogP contribution in [0.15, 0.2) is 48.5 Å². The van der Waals surface area contributed by atoms with Crippen molar-refractivity contribution >= 4 is 17.3 Å². The summed E-state index contributed by atoms with van der Waals surface area (Å²) in [6, 6.07) is 16.4. The van der Waals surface area contributed by atoms with Crippen LogP contribution in [0.25, 0.3) is 0 Å². The first-order valence-electron chi connectivity index (χ1n) is 6.94. The molecule has 1 unspecified atom stereocenters. The van der Waals surface area contributed by atoms with Gasteiger partial charge in [-0.1, -0.05) is 48.9 Å². The van der Waals surface area contributed by atoms with Crippen LogP contribution in [0.3, 0.4) is 0 Å². The molecule has 0 aliphatic carbocycles. The van der Waals surface area contributed by atoms with Gasteiger partial charge in [-0.2, -0.15) is 0 Å². The van der Waals surface area contributed by atoms with Gasteiger partial charge in [-0.05, 0) is 37.1 Å². The number of hydrogen-bond acceptors (Lipinski definition) is 2. The Labute approximate surface area is 125 Å². The van der Waals surface area contributed by atoms with Gasteiger partial charge in [0.2, 0.25) is 0 Å². The van der Waals surface area contributed by atoms with E-state index in [1.165, 1.54) is 5.56 Å². The largest absolute Gasteiger partial charge is 0.492 e. The number of rotatable bonds is 6. The van der Waals surface area contributed by atoms with E-state index in [-0.39, 0.29) is 6.04 Å². The quantitative estimate of drug-likeness (QED) is 0.779. The van der Waals surface area contributed by atoms with E-state index in [2.05, 4.69) is 31.3 Å². The summed E-state index contributed by atoms with van der Waals surface area (Å²) >= 11 is 6.23. The van der Waals surface area contributed by atoms with Gasteiger partial charge >= 0.3 is 0 Å². The third kappa shape index (κ3) is 3.91. The minimum absolute atomic E-state index is 0.231. The van der Waals surface area contributed by atoms with Crippen LogP contribution < -0.4 is 10.1 Å². The summed E-state index contributed by atoms with van der Waals surface area (Å²) in [5.74, 6) is 0.742. The maximum atomic E-state index is 6.23. The molecule has 1 N–H and O–H groups in total. The minimum Gasteiger partial charge on any atom is -0.492 e. The van der Waals surface area contributed by atoms with E-state index in [0.29, 0.717) is 11.6 Å². The summed E-state index contributed by atoms with van der Waals surface area (Å²) in [5.41, 5.74) is 2.24. The highest BCUT2D eigenvalue weighted by Crippen LogP contribution is 2.29. The fraction of sp³-hybridized carbons (Fsp3) is 0.294. The number of ether oxygens (including phenoxy) is 1. The number of anilines is 1. The Balaban J connectivity index is 2.05. The molecule has 0 saturated heterocycles. The molecule has 0 spiro atoms. The lowest BCUT2D eigenvalue weighted by molar-refractivity contribution is 0.317. The molecule has 1 atom stereocenters. The predicted octanol–water partition coefficient (Wildman–Crippen LogP) is 5.30. The van der Waals surface area contributed by atoms with Crippen LogP contribution in [0, 0.1) is 0 Å². The van der Waals surface area contributed by atoms with Crippen molar-refractivity contribution in [3.05, 3.63) is 59.1 Å². The van der Waals surface area contributed by atoms with Gasteiger partial charge in [0.05, 0.1) is 11.6 Å². The maximum absolute atomic E-state index is 6.23. The van der Waals surface area contributed by atoms with E-state index in [1.54, 1.807) is 0 Å². The normalized spacial score (nSPS) is 11.9. The summed E-state index contributed by atoms with van der Waals surface area (Å²) in [6.07, 6.45) is 0.974. The Morgan fingerprint density at radius 1 is 1.15 bits per heavy atom. The number of hydrogen-bond donors (Lipinski definition) is 1. The molecule has 0 aliphatic rings. The van der Waals surface area contributed by atoms with Crippen molar-refractivity contribution in [2.45, 2.75) is 26.3 Å². The zero-order valence-corrected chi connectivity index (χ0v) is 12.7. The second kappa shape index (κ2) is 7.20. The molecule has 0 radical (unpaired) electrons. The molecule has 0 fully saturated rings. The Morgan fingerprint density at radius 2 is 1.90 bits per heavy atom. The molecular formula is C17H20ClNO. The molecule has 0 aliphatic heterocycles. The average molecular weight is 290 g/mol. The monoisotopic (exact) mass is 289 g/mol. The summed E-state index contributed by atoms with van der Waals surface area (Å²) in [7, 11) is 0. The molecule has 0 saturated carbocycles. The average Bonchev–Trinajstić information content (AvgIpc) is 2.47. The summed E-state index contributed by atoms with van der Waals surface area (Å²) in [6.45, 7) is 4.89. The van der Waals surface area contributed by atoms with Crippen LogP contribution in [0.5, 0.6) is 5.75 Å². The van der Waals surface area contributed by atoms with Crippen LogP contribution in [-0.4, -0.2) is 6.61 Å². The maximum Gasteiger partial charge on any atom is 0.138 e. The molecule has 2 nitrogen and oxygen atoms in total. The van der Waals surface area contributed by atoms with Gasteiger partial charge in [0.15, 0.2) is 0 Å². The SMILES string of the molecule is CCCOc1ccc(NC(C)c2ccccc2)cc1Cl. The Hall–Kier alpha value is -1.67. The smallest absolute Gasteiger partial charge is 0.138 e. The van der Waals surface area contributed by atoms with E-state index in [9.17, 15) is 0 Å². The van der Waals surface area contributed by atoms with E-state index in [1.807, 2.05) is 36.4 Å². The fourth-order valence-electron chi connectivity index (χ4n) is 1.99. The molecule has 3 heteroatoms. The van der Waals surface area contributed by atoms with E-state index in [4.69, 9.17) is 16.3 Å². The predicted molar refractivity (Wildman–Crippen MR) is 85.7 cm³/mol. The van der Waals surface area contributed by atoms with Crippen molar-refractivity contribution in [1.82, 2.24) is 0 Å². The van der Waals surface area contributed by atoms with Crippen molar-refractivity contribution in [3.8, 4) is 5.75 Å². The Kier molecular flexibility index (Phi) is 5.31. The first kappa shape index (κ1) is 14.7. The summed E-state index contributed by atoms with van der Waals surface area (Å²) < 4.78 is 5.57. The molecule has 0 amide bonds. The van der Waals surface area contributed by atoms with E-state index in [0.717, 1.165) is 17.9 Å². The molecular weight excluding hydrogens is 270 g/mol. The van der Waals surface area contributed by atoms with Gasteiger partial charge in [0.25, 0.3) is 0 Å². The lowest BCUT2D eigenvalue weighted by Crippen LogP contribution is -2.06. The van der Waals surface area contributed by atoms with Crippen molar-refractivity contribution in [2.75, 3.05) is 11.9 Å². The van der Waals surface area contributed by atoms with Gasteiger partial charge in [-0.15, -0.1) is 0 Å².